The van der Waals surface area contributed by atoms with Gasteiger partial charge in [-0.1, -0.05) is 42.6 Å². The number of amides is 2. The minimum Gasteiger partial charge on any atom is -0.371 e. The van der Waals surface area contributed by atoms with Crippen LogP contribution in [-0.4, -0.2) is 42.0 Å². The van der Waals surface area contributed by atoms with Gasteiger partial charge in [-0.15, -0.1) is 0 Å². The first-order chi connectivity index (χ1) is 19.6. The van der Waals surface area contributed by atoms with Crippen LogP contribution in [0.25, 0.3) is 10.9 Å². The monoisotopic (exact) mass is 586 g/mol. The third-order valence-corrected chi connectivity index (χ3v) is 8.70. The Hall–Kier alpha value is -3.33. The molecule has 2 aromatic carbocycles. The zero-order chi connectivity index (χ0) is 29.1. The molecule has 2 aliphatic rings. The zero-order valence-corrected chi connectivity index (χ0v) is 23.6. The lowest BCUT2D eigenvalue weighted by atomic mass is 9.82. The highest BCUT2D eigenvalue weighted by atomic mass is 35.5. The Balaban J connectivity index is 1.22. The largest absolute Gasteiger partial charge is 0.433 e. The molecule has 10 heteroatoms. The third kappa shape index (κ3) is 6.77. The van der Waals surface area contributed by atoms with E-state index in [-0.39, 0.29) is 41.4 Å². The second-order valence-corrected chi connectivity index (χ2v) is 11.6. The van der Waals surface area contributed by atoms with Crippen LogP contribution in [0.15, 0.2) is 54.6 Å². The second-order valence-electron chi connectivity index (χ2n) is 11.1. The van der Waals surface area contributed by atoms with Crippen LogP contribution in [0.1, 0.15) is 67.4 Å². The average molecular weight is 587 g/mol. The van der Waals surface area contributed by atoms with Crippen LogP contribution in [0.4, 0.5) is 18.9 Å². The Kier molecular flexibility index (Phi) is 8.73. The molecule has 2 N–H and O–H groups in total. The number of anilines is 1. The first-order valence-corrected chi connectivity index (χ1v) is 14.5. The lowest BCUT2D eigenvalue weighted by molar-refractivity contribution is -0.141. The van der Waals surface area contributed by atoms with Crippen LogP contribution in [-0.2, 0) is 11.0 Å². The van der Waals surface area contributed by atoms with Crippen molar-refractivity contribution in [3.8, 4) is 0 Å². The number of hydrogen-bond donors (Lipinski definition) is 2. The van der Waals surface area contributed by atoms with E-state index in [1.807, 2.05) is 23.1 Å². The number of rotatable bonds is 6. The van der Waals surface area contributed by atoms with Crippen LogP contribution < -0.4 is 15.5 Å². The maximum absolute atomic E-state index is 13.6. The summed E-state index contributed by atoms with van der Waals surface area (Å²) in [6, 6.07) is 14.6. The van der Waals surface area contributed by atoms with Crippen molar-refractivity contribution in [1.82, 2.24) is 15.6 Å². The molecule has 3 aromatic rings. The van der Waals surface area contributed by atoms with Crippen molar-refractivity contribution in [3.63, 3.8) is 0 Å². The number of nitrogens with zero attached hydrogens (tertiary/aromatic N) is 2. The summed E-state index contributed by atoms with van der Waals surface area (Å²) < 4.78 is 40.9. The highest BCUT2D eigenvalue weighted by Crippen LogP contribution is 2.37. The van der Waals surface area contributed by atoms with Gasteiger partial charge in [0.1, 0.15) is 5.69 Å². The molecule has 0 bridgehead atoms. The van der Waals surface area contributed by atoms with E-state index in [0.29, 0.717) is 47.3 Å². The maximum atomic E-state index is 13.6. The van der Waals surface area contributed by atoms with E-state index in [4.69, 9.17) is 11.6 Å². The number of nitrogens with one attached hydrogen (secondary N) is 2. The number of fused-ring (bicyclic) bond motifs is 1. The van der Waals surface area contributed by atoms with Crippen LogP contribution in [0.3, 0.4) is 0 Å². The number of carbonyl (C=O) groups excluding carboxylic acids is 2. The fourth-order valence-electron chi connectivity index (χ4n) is 6.19. The lowest BCUT2D eigenvalue weighted by Crippen LogP contribution is -2.51. The molecule has 0 aliphatic heterocycles. The van der Waals surface area contributed by atoms with E-state index in [9.17, 15) is 22.8 Å². The SMILES string of the molecule is CN(c1cc(C(F)(F)F)nc2ccc(Cl)cc12)C1CCC(NC(=O)[C@H]2CCCC[C@H]2NC(=O)c2ccccc2)CC1. The van der Waals surface area contributed by atoms with Crippen molar-refractivity contribution < 1.29 is 22.8 Å². The molecule has 0 unspecified atom stereocenters. The molecule has 6 nitrogen and oxygen atoms in total. The molecule has 1 heterocycles. The minimum atomic E-state index is -4.57. The van der Waals surface area contributed by atoms with Crippen molar-refractivity contribution >= 4 is 40.0 Å². The number of hydrogen-bond acceptors (Lipinski definition) is 4. The van der Waals surface area contributed by atoms with Gasteiger partial charge < -0.3 is 15.5 Å². The van der Waals surface area contributed by atoms with Gasteiger partial charge in [0, 0.05) is 46.8 Å². The van der Waals surface area contributed by atoms with Gasteiger partial charge in [0.15, 0.2) is 0 Å². The predicted molar refractivity (Wildman–Crippen MR) is 154 cm³/mol. The zero-order valence-electron chi connectivity index (χ0n) is 22.9. The van der Waals surface area contributed by atoms with Crippen molar-refractivity contribution in [2.24, 2.45) is 5.92 Å². The molecule has 218 valence electrons. The molecule has 0 spiro atoms. The minimum absolute atomic E-state index is 0.00130. The summed E-state index contributed by atoms with van der Waals surface area (Å²) in [5.41, 5.74) is 0.327. The van der Waals surface area contributed by atoms with Gasteiger partial charge in [-0.05, 0) is 74.9 Å². The Labute approximate surface area is 242 Å². The van der Waals surface area contributed by atoms with Crippen LogP contribution in [0, 0.1) is 5.92 Å². The molecular weight excluding hydrogens is 553 g/mol. The topological polar surface area (TPSA) is 74.3 Å². The van der Waals surface area contributed by atoms with E-state index in [1.54, 1.807) is 31.3 Å². The summed E-state index contributed by atoms with van der Waals surface area (Å²) in [5, 5.41) is 7.29. The molecular formula is C31H34ClF3N4O2. The predicted octanol–water partition coefficient (Wildman–Crippen LogP) is 6.76. The van der Waals surface area contributed by atoms with E-state index < -0.39 is 11.9 Å². The standard InChI is InChI=1S/C31H34ClF3N4O2/c1-39(27-18-28(31(33,34)35)37-26-16-11-20(32)17-24(26)27)22-14-12-21(13-15-22)36-30(41)23-9-5-6-10-25(23)38-29(40)19-7-3-2-4-8-19/h2-4,7-8,11,16-18,21-23,25H,5-6,9-10,12-15H2,1H3,(H,36,41)(H,38,40)/t21?,22?,23-,25+/m0/s1. The number of aromatic nitrogens is 1. The second kappa shape index (κ2) is 12.3. The smallest absolute Gasteiger partial charge is 0.371 e. The Morgan fingerprint density at radius 3 is 2.34 bits per heavy atom. The molecule has 0 radical (unpaired) electrons. The van der Waals surface area contributed by atoms with Gasteiger partial charge in [0.25, 0.3) is 5.91 Å². The molecule has 2 atom stereocenters. The van der Waals surface area contributed by atoms with Crippen molar-refractivity contribution in [2.75, 3.05) is 11.9 Å². The van der Waals surface area contributed by atoms with Gasteiger partial charge in [-0.25, -0.2) is 4.98 Å². The van der Waals surface area contributed by atoms with Crippen molar-refractivity contribution in [2.45, 2.75) is 75.7 Å². The molecule has 2 saturated carbocycles. The molecule has 2 amide bonds. The number of pyridine rings is 1. The molecule has 41 heavy (non-hydrogen) atoms. The van der Waals surface area contributed by atoms with Gasteiger partial charge in [-0.2, -0.15) is 13.2 Å². The number of alkyl halides is 3. The first-order valence-electron chi connectivity index (χ1n) is 14.2. The van der Waals surface area contributed by atoms with E-state index in [2.05, 4.69) is 15.6 Å². The summed E-state index contributed by atoms with van der Waals surface area (Å²) in [6.45, 7) is 0. The van der Waals surface area contributed by atoms with Gasteiger partial charge >= 0.3 is 6.18 Å². The average Bonchev–Trinajstić information content (AvgIpc) is 2.97. The summed E-state index contributed by atoms with van der Waals surface area (Å²) in [4.78, 5) is 31.8. The lowest BCUT2D eigenvalue weighted by Gasteiger charge is -2.38. The fourth-order valence-corrected chi connectivity index (χ4v) is 6.36. The summed E-state index contributed by atoms with van der Waals surface area (Å²) in [7, 11) is 1.81. The van der Waals surface area contributed by atoms with Crippen LogP contribution >= 0.6 is 11.6 Å². The summed E-state index contributed by atoms with van der Waals surface area (Å²) in [5.74, 6) is -0.493. The van der Waals surface area contributed by atoms with E-state index in [0.717, 1.165) is 31.7 Å². The molecule has 2 aliphatic carbocycles. The van der Waals surface area contributed by atoms with Crippen molar-refractivity contribution in [3.05, 3.63) is 70.9 Å². The number of carbonyl (C=O) groups is 2. The van der Waals surface area contributed by atoms with Crippen LogP contribution in [0.5, 0.6) is 0 Å². The Morgan fingerprint density at radius 2 is 1.63 bits per heavy atom. The highest BCUT2D eigenvalue weighted by Gasteiger charge is 2.36. The van der Waals surface area contributed by atoms with E-state index >= 15 is 0 Å². The van der Waals surface area contributed by atoms with Gasteiger partial charge in [-0.3, -0.25) is 9.59 Å². The Morgan fingerprint density at radius 1 is 0.927 bits per heavy atom. The molecule has 2 fully saturated rings. The van der Waals surface area contributed by atoms with Crippen molar-refractivity contribution in [1.29, 1.82) is 0 Å². The maximum Gasteiger partial charge on any atom is 0.433 e. The Bertz CT molecular complexity index is 1390. The quantitative estimate of drug-likeness (QED) is 0.335. The molecule has 1 aromatic heterocycles. The van der Waals surface area contributed by atoms with Crippen LogP contribution in [0.2, 0.25) is 5.02 Å². The normalized spacial score (nSPS) is 23.1. The summed E-state index contributed by atoms with van der Waals surface area (Å²) >= 11 is 6.18. The third-order valence-electron chi connectivity index (χ3n) is 8.47. The van der Waals surface area contributed by atoms with Gasteiger partial charge in [0.2, 0.25) is 5.91 Å². The first kappa shape index (κ1) is 29.2. The molecule has 0 saturated heterocycles. The van der Waals surface area contributed by atoms with Gasteiger partial charge in [0.05, 0.1) is 11.4 Å². The number of benzene rings is 2. The summed E-state index contributed by atoms with van der Waals surface area (Å²) in [6.07, 6.45) is 1.68. The van der Waals surface area contributed by atoms with E-state index in [1.165, 1.54) is 6.07 Å². The fraction of sp³-hybridized carbons (Fsp3) is 0.452. The number of halogens is 4. The molecule has 5 rings (SSSR count). The highest BCUT2D eigenvalue weighted by molar-refractivity contribution is 6.31.